The Bertz CT molecular complexity index is 218. The Labute approximate surface area is 153 Å². The van der Waals surface area contributed by atoms with Gasteiger partial charge in [0.15, 0.2) is 0 Å². The molecule has 0 unspecified atom stereocenters. The van der Waals surface area contributed by atoms with Crippen LogP contribution in [0.4, 0.5) is 0 Å². The minimum absolute atomic E-state index is 0.614. The average Bonchev–Trinajstić information content (AvgIpc) is 2.56. The molecule has 0 aliphatic heterocycles. The maximum atomic E-state index is 5.37. The lowest BCUT2D eigenvalue weighted by atomic mass is 10.0. The predicted molar refractivity (Wildman–Crippen MR) is 108 cm³/mol. The molecule has 0 aromatic carbocycles. The van der Waals surface area contributed by atoms with E-state index in [1.54, 1.807) is 0 Å². The highest BCUT2D eigenvalue weighted by Crippen LogP contribution is 2.13. The van der Waals surface area contributed by atoms with Crippen molar-refractivity contribution in [1.82, 2.24) is 5.48 Å². The van der Waals surface area contributed by atoms with Gasteiger partial charge in [-0.15, -0.1) is 0 Å². The van der Waals surface area contributed by atoms with Crippen LogP contribution < -0.4 is 5.48 Å². The molecule has 0 atom stereocenters. The van der Waals surface area contributed by atoms with Crippen molar-refractivity contribution in [2.75, 3.05) is 13.2 Å². The van der Waals surface area contributed by atoms with Gasteiger partial charge in [0.1, 0.15) is 0 Å². The van der Waals surface area contributed by atoms with Gasteiger partial charge in [-0.05, 0) is 12.3 Å². The van der Waals surface area contributed by atoms with E-state index >= 15 is 0 Å². The first-order valence-electron chi connectivity index (χ1n) is 11.1. The van der Waals surface area contributed by atoms with Crippen LogP contribution in [0.3, 0.4) is 0 Å². The summed E-state index contributed by atoms with van der Waals surface area (Å²) in [6.07, 6.45) is 22.8. The van der Waals surface area contributed by atoms with Gasteiger partial charge in [0.25, 0.3) is 0 Å². The quantitative estimate of drug-likeness (QED) is 0.184. The zero-order chi connectivity index (χ0) is 17.7. The molecule has 0 aliphatic rings. The van der Waals surface area contributed by atoms with Gasteiger partial charge >= 0.3 is 0 Å². The van der Waals surface area contributed by atoms with Gasteiger partial charge in [-0.3, -0.25) is 0 Å². The Morgan fingerprint density at radius 1 is 0.583 bits per heavy atom. The van der Waals surface area contributed by atoms with Gasteiger partial charge in [0, 0.05) is 6.54 Å². The summed E-state index contributed by atoms with van der Waals surface area (Å²) >= 11 is 0. The van der Waals surface area contributed by atoms with Crippen molar-refractivity contribution in [3.8, 4) is 0 Å². The molecule has 0 bridgehead atoms. The topological polar surface area (TPSA) is 21.3 Å². The maximum Gasteiger partial charge on any atom is 0.0705 e. The number of unbranched alkanes of at least 4 members (excludes halogenated alkanes) is 15. The Morgan fingerprint density at radius 2 is 0.958 bits per heavy atom. The molecule has 0 saturated heterocycles. The number of nitrogens with one attached hydrogen (secondary N) is 1. The van der Waals surface area contributed by atoms with Gasteiger partial charge in [-0.1, -0.05) is 117 Å². The van der Waals surface area contributed by atoms with Gasteiger partial charge in [0.05, 0.1) is 6.61 Å². The maximum absolute atomic E-state index is 5.37. The first kappa shape index (κ1) is 23.9. The van der Waals surface area contributed by atoms with Crippen molar-refractivity contribution in [3.63, 3.8) is 0 Å². The summed E-state index contributed by atoms with van der Waals surface area (Å²) in [4.78, 5) is 5.37. The summed E-state index contributed by atoms with van der Waals surface area (Å²) in [7, 11) is 0. The standard InChI is InChI=1S/C22H47NO/c1-4-5-6-7-8-9-10-11-12-13-14-15-16-17-18-19-20-23-24-21-22(2)3/h22-23H,4-21H2,1-3H3. The smallest absolute Gasteiger partial charge is 0.0705 e. The minimum Gasteiger partial charge on any atom is -0.302 e. The molecule has 146 valence electrons. The number of hydroxylamine groups is 1. The van der Waals surface area contributed by atoms with Crippen LogP contribution in [0.25, 0.3) is 0 Å². The largest absolute Gasteiger partial charge is 0.302 e. The monoisotopic (exact) mass is 341 g/mol. The average molecular weight is 342 g/mol. The summed E-state index contributed by atoms with van der Waals surface area (Å²) in [6.45, 7) is 8.47. The van der Waals surface area contributed by atoms with Crippen molar-refractivity contribution < 1.29 is 4.84 Å². The molecule has 0 amide bonds. The van der Waals surface area contributed by atoms with E-state index in [9.17, 15) is 0 Å². The van der Waals surface area contributed by atoms with Crippen LogP contribution in [0.5, 0.6) is 0 Å². The van der Waals surface area contributed by atoms with Crippen LogP contribution in [0.15, 0.2) is 0 Å². The zero-order valence-electron chi connectivity index (χ0n) is 17.2. The van der Waals surface area contributed by atoms with Gasteiger partial charge in [-0.25, -0.2) is 5.48 Å². The van der Waals surface area contributed by atoms with E-state index < -0.39 is 0 Å². The summed E-state index contributed by atoms with van der Waals surface area (Å²) in [5.74, 6) is 0.614. The van der Waals surface area contributed by atoms with E-state index in [2.05, 4.69) is 26.3 Å². The van der Waals surface area contributed by atoms with Gasteiger partial charge < -0.3 is 4.84 Å². The third-order valence-corrected chi connectivity index (χ3v) is 4.65. The number of rotatable bonds is 20. The molecular weight excluding hydrogens is 294 g/mol. The number of hydrogen-bond acceptors (Lipinski definition) is 2. The molecule has 0 spiro atoms. The molecule has 0 rings (SSSR count). The molecule has 0 aromatic rings. The van der Waals surface area contributed by atoms with Crippen molar-refractivity contribution in [1.29, 1.82) is 0 Å². The molecule has 2 nitrogen and oxygen atoms in total. The molecule has 0 fully saturated rings. The molecule has 2 heteroatoms. The van der Waals surface area contributed by atoms with Gasteiger partial charge in [-0.2, -0.15) is 0 Å². The third-order valence-electron chi connectivity index (χ3n) is 4.65. The van der Waals surface area contributed by atoms with E-state index in [-0.39, 0.29) is 0 Å². The predicted octanol–water partition coefficient (Wildman–Crippen LogP) is 7.43. The molecule has 0 heterocycles. The van der Waals surface area contributed by atoms with Crippen LogP contribution in [0.1, 0.15) is 124 Å². The van der Waals surface area contributed by atoms with Crippen molar-refractivity contribution in [2.45, 2.75) is 124 Å². The highest BCUT2D eigenvalue weighted by molar-refractivity contribution is 4.50. The fraction of sp³-hybridized carbons (Fsp3) is 1.00. The van der Waals surface area contributed by atoms with Crippen LogP contribution in [0.2, 0.25) is 0 Å². The third kappa shape index (κ3) is 21.9. The summed E-state index contributed by atoms with van der Waals surface area (Å²) in [6, 6.07) is 0. The number of hydrogen-bond donors (Lipinski definition) is 1. The van der Waals surface area contributed by atoms with E-state index in [0.717, 1.165) is 13.2 Å². The normalized spacial score (nSPS) is 11.5. The van der Waals surface area contributed by atoms with Crippen molar-refractivity contribution in [3.05, 3.63) is 0 Å². The van der Waals surface area contributed by atoms with E-state index in [0.29, 0.717) is 5.92 Å². The van der Waals surface area contributed by atoms with Crippen LogP contribution >= 0.6 is 0 Å². The first-order valence-corrected chi connectivity index (χ1v) is 11.1. The van der Waals surface area contributed by atoms with Crippen molar-refractivity contribution >= 4 is 0 Å². The lowest BCUT2D eigenvalue weighted by molar-refractivity contribution is 0.0232. The minimum atomic E-state index is 0.614. The highest BCUT2D eigenvalue weighted by atomic mass is 16.6. The lowest BCUT2D eigenvalue weighted by Crippen LogP contribution is -2.18. The van der Waals surface area contributed by atoms with E-state index in [1.165, 1.54) is 103 Å². The Balaban J connectivity index is 2.95. The zero-order valence-corrected chi connectivity index (χ0v) is 17.2. The van der Waals surface area contributed by atoms with Crippen LogP contribution in [-0.2, 0) is 4.84 Å². The van der Waals surface area contributed by atoms with Crippen molar-refractivity contribution in [2.24, 2.45) is 5.92 Å². The first-order chi connectivity index (χ1) is 11.8. The molecule has 0 radical (unpaired) electrons. The summed E-state index contributed by atoms with van der Waals surface area (Å²) in [5.41, 5.74) is 3.07. The molecule has 1 N–H and O–H groups in total. The SMILES string of the molecule is CCCCCCCCCCCCCCCCCCNOCC(C)C. The van der Waals surface area contributed by atoms with Gasteiger partial charge in [0.2, 0.25) is 0 Å². The second-order valence-corrected chi connectivity index (χ2v) is 7.90. The van der Waals surface area contributed by atoms with Crippen LogP contribution in [-0.4, -0.2) is 13.2 Å². The molecule has 24 heavy (non-hydrogen) atoms. The molecule has 0 aliphatic carbocycles. The Hall–Kier alpha value is -0.0800. The fourth-order valence-electron chi connectivity index (χ4n) is 3.04. The second-order valence-electron chi connectivity index (χ2n) is 7.90. The van der Waals surface area contributed by atoms with Crippen LogP contribution in [0, 0.1) is 5.92 Å². The summed E-state index contributed by atoms with van der Waals surface area (Å²) < 4.78 is 0. The highest BCUT2D eigenvalue weighted by Gasteiger charge is 1.95. The van der Waals surface area contributed by atoms with E-state index in [1.807, 2.05) is 0 Å². The Kier molecular flexibility index (Phi) is 20.9. The summed E-state index contributed by atoms with van der Waals surface area (Å²) in [5, 5.41) is 0. The fourth-order valence-corrected chi connectivity index (χ4v) is 3.04. The second kappa shape index (κ2) is 21.0. The molecular formula is C22H47NO. The molecule has 0 saturated carbocycles. The van der Waals surface area contributed by atoms with E-state index in [4.69, 9.17) is 4.84 Å². The molecule has 0 aromatic heterocycles. The Morgan fingerprint density at radius 3 is 1.33 bits per heavy atom. The lowest BCUT2D eigenvalue weighted by Gasteiger charge is -2.07.